The minimum atomic E-state index is -3.28. The molecule has 3 saturated heterocycles. The zero-order chi connectivity index (χ0) is 21.3. The molecule has 0 radical (unpaired) electrons. The lowest BCUT2D eigenvalue weighted by molar-refractivity contribution is 0.0217. The molecular formula is C22H27N3O3S2. The SMILES string of the molecule is C[C@H]1[C@H](NC(=O)c2ccc(Sc3ccc(NS(C)(=O)=O)cc3)cc2)C2CCN1CC2. The molecule has 2 aromatic carbocycles. The first-order valence-electron chi connectivity index (χ1n) is 10.2. The standard InChI is InChI=1S/C22H27N3O3S2/c1-15-21(16-11-13-25(15)14-12-16)23-22(26)17-3-7-19(8-4-17)29-20-9-5-18(6-10-20)24-30(2,27)28/h3-10,15-16,21,24H,11-14H2,1-2H3,(H,23,26)/t15-,21-/m0/s1. The average Bonchev–Trinajstić information content (AvgIpc) is 2.72. The van der Waals surface area contributed by atoms with E-state index in [2.05, 4.69) is 21.9 Å². The van der Waals surface area contributed by atoms with Crippen LogP contribution in [-0.2, 0) is 10.0 Å². The summed E-state index contributed by atoms with van der Waals surface area (Å²) in [5.41, 5.74) is 1.21. The third kappa shape index (κ3) is 4.99. The van der Waals surface area contributed by atoms with Crippen LogP contribution in [-0.4, -0.2) is 50.7 Å². The number of nitrogens with zero attached hydrogens (tertiary/aromatic N) is 1. The van der Waals surface area contributed by atoms with E-state index in [1.807, 2.05) is 36.4 Å². The smallest absolute Gasteiger partial charge is 0.251 e. The minimum Gasteiger partial charge on any atom is -0.347 e. The highest BCUT2D eigenvalue weighted by molar-refractivity contribution is 7.99. The molecule has 2 aromatic rings. The second kappa shape index (κ2) is 8.61. The fourth-order valence-electron chi connectivity index (χ4n) is 4.40. The Hall–Kier alpha value is -2.03. The van der Waals surface area contributed by atoms with E-state index >= 15 is 0 Å². The van der Waals surface area contributed by atoms with Crippen LogP contribution in [0.1, 0.15) is 30.1 Å². The lowest BCUT2D eigenvalue weighted by atomic mass is 9.79. The van der Waals surface area contributed by atoms with Crippen molar-refractivity contribution in [2.75, 3.05) is 24.1 Å². The summed E-state index contributed by atoms with van der Waals surface area (Å²) in [7, 11) is -3.28. The molecular weight excluding hydrogens is 418 g/mol. The molecule has 0 unspecified atom stereocenters. The van der Waals surface area contributed by atoms with Crippen molar-refractivity contribution in [2.24, 2.45) is 5.92 Å². The Morgan fingerprint density at radius 2 is 1.57 bits per heavy atom. The molecule has 8 heteroatoms. The molecule has 0 aliphatic carbocycles. The quantitative estimate of drug-likeness (QED) is 0.712. The molecule has 0 saturated carbocycles. The van der Waals surface area contributed by atoms with Gasteiger partial charge in [0.05, 0.1) is 6.26 Å². The summed E-state index contributed by atoms with van der Waals surface area (Å²) in [4.78, 5) is 17.2. The number of hydrogen-bond donors (Lipinski definition) is 2. The van der Waals surface area contributed by atoms with Gasteiger partial charge in [-0.2, -0.15) is 0 Å². The highest BCUT2D eigenvalue weighted by atomic mass is 32.2. The third-order valence-electron chi connectivity index (χ3n) is 5.99. The average molecular weight is 446 g/mol. The van der Waals surface area contributed by atoms with Crippen molar-refractivity contribution < 1.29 is 13.2 Å². The van der Waals surface area contributed by atoms with Crippen LogP contribution in [0.3, 0.4) is 0 Å². The predicted molar refractivity (Wildman–Crippen MR) is 120 cm³/mol. The molecule has 2 atom stereocenters. The van der Waals surface area contributed by atoms with Gasteiger partial charge in [0, 0.05) is 33.1 Å². The molecule has 6 nitrogen and oxygen atoms in total. The van der Waals surface area contributed by atoms with Crippen LogP contribution in [0.4, 0.5) is 5.69 Å². The van der Waals surface area contributed by atoms with Crippen LogP contribution in [0.25, 0.3) is 0 Å². The van der Waals surface area contributed by atoms with E-state index in [9.17, 15) is 13.2 Å². The maximum Gasteiger partial charge on any atom is 0.251 e. The minimum absolute atomic E-state index is 0.00616. The van der Waals surface area contributed by atoms with Crippen molar-refractivity contribution in [3.63, 3.8) is 0 Å². The van der Waals surface area contributed by atoms with E-state index < -0.39 is 10.0 Å². The Labute approximate surface area is 182 Å². The number of nitrogens with one attached hydrogen (secondary N) is 2. The van der Waals surface area contributed by atoms with E-state index in [-0.39, 0.29) is 11.9 Å². The summed E-state index contributed by atoms with van der Waals surface area (Å²) in [6, 6.07) is 15.5. The van der Waals surface area contributed by atoms with Crippen LogP contribution in [0.15, 0.2) is 58.3 Å². The van der Waals surface area contributed by atoms with Crippen LogP contribution in [0, 0.1) is 5.92 Å². The number of sulfonamides is 1. The van der Waals surface area contributed by atoms with Crippen LogP contribution in [0.5, 0.6) is 0 Å². The van der Waals surface area contributed by atoms with Gasteiger partial charge in [-0.1, -0.05) is 11.8 Å². The van der Waals surface area contributed by atoms with Crippen molar-refractivity contribution in [1.29, 1.82) is 0 Å². The Balaban J connectivity index is 1.36. The molecule has 2 N–H and O–H groups in total. The lowest BCUT2D eigenvalue weighted by Crippen LogP contribution is -2.62. The summed E-state index contributed by atoms with van der Waals surface area (Å²) in [5, 5.41) is 3.27. The maximum absolute atomic E-state index is 12.8. The van der Waals surface area contributed by atoms with Gasteiger partial charge in [0.1, 0.15) is 0 Å². The van der Waals surface area contributed by atoms with Gasteiger partial charge in [-0.25, -0.2) is 8.42 Å². The normalized spacial score (nSPS) is 25.7. The zero-order valence-electron chi connectivity index (χ0n) is 17.2. The molecule has 1 amide bonds. The van der Waals surface area contributed by atoms with Crippen molar-refractivity contribution in [2.45, 2.75) is 41.6 Å². The molecule has 5 rings (SSSR count). The summed E-state index contributed by atoms with van der Waals surface area (Å²) < 4.78 is 25.0. The number of hydrogen-bond acceptors (Lipinski definition) is 5. The second-order valence-corrected chi connectivity index (χ2v) is 11.0. The van der Waals surface area contributed by atoms with E-state index in [1.54, 1.807) is 23.9 Å². The van der Waals surface area contributed by atoms with E-state index in [0.717, 1.165) is 29.1 Å². The first-order chi connectivity index (χ1) is 14.3. The maximum atomic E-state index is 12.8. The zero-order valence-corrected chi connectivity index (χ0v) is 18.8. The molecule has 0 spiro atoms. The molecule has 30 heavy (non-hydrogen) atoms. The van der Waals surface area contributed by atoms with Gasteiger partial charge in [0.15, 0.2) is 0 Å². The largest absolute Gasteiger partial charge is 0.347 e. The van der Waals surface area contributed by atoms with Crippen LogP contribution < -0.4 is 10.0 Å². The van der Waals surface area contributed by atoms with Crippen molar-refractivity contribution in [1.82, 2.24) is 10.2 Å². The summed E-state index contributed by atoms with van der Waals surface area (Å²) in [6.07, 6.45) is 3.47. The number of piperidine rings is 3. The summed E-state index contributed by atoms with van der Waals surface area (Å²) in [5.74, 6) is 0.581. The second-order valence-electron chi connectivity index (χ2n) is 8.14. The van der Waals surface area contributed by atoms with E-state index in [1.165, 1.54) is 12.8 Å². The van der Waals surface area contributed by atoms with Gasteiger partial charge < -0.3 is 5.32 Å². The first-order valence-corrected chi connectivity index (χ1v) is 12.9. The molecule has 3 fully saturated rings. The monoisotopic (exact) mass is 445 g/mol. The molecule has 3 aliphatic rings. The Bertz CT molecular complexity index is 997. The first kappa shape index (κ1) is 21.2. The van der Waals surface area contributed by atoms with Crippen LogP contribution >= 0.6 is 11.8 Å². The van der Waals surface area contributed by atoms with Crippen molar-refractivity contribution in [3.8, 4) is 0 Å². The van der Waals surface area contributed by atoms with Gasteiger partial charge in [0.25, 0.3) is 5.91 Å². The Morgan fingerprint density at radius 1 is 1.00 bits per heavy atom. The number of rotatable bonds is 6. The Morgan fingerprint density at radius 3 is 2.10 bits per heavy atom. The number of fused-ring (bicyclic) bond motifs is 3. The van der Waals surface area contributed by atoms with Gasteiger partial charge >= 0.3 is 0 Å². The van der Waals surface area contributed by atoms with Gasteiger partial charge in [-0.05, 0) is 87.3 Å². The molecule has 3 aliphatic heterocycles. The van der Waals surface area contributed by atoms with E-state index in [0.29, 0.717) is 23.2 Å². The predicted octanol–water partition coefficient (Wildman–Crippen LogP) is 3.42. The molecule has 3 heterocycles. The van der Waals surface area contributed by atoms with Crippen molar-refractivity contribution >= 4 is 33.4 Å². The number of benzene rings is 2. The number of carbonyl (C=O) groups is 1. The summed E-state index contributed by atoms with van der Waals surface area (Å²) >= 11 is 1.56. The number of anilines is 1. The van der Waals surface area contributed by atoms with Crippen molar-refractivity contribution in [3.05, 3.63) is 54.1 Å². The van der Waals surface area contributed by atoms with Gasteiger partial charge in [-0.15, -0.1) is 0 Å². The Kier molecular flexibility index (Phi) is 6.09. The van der Waals surface area contributed by atoms with Crippen LogP contribution in [0.2, 0.25) is 0 Å². The molecule has 0 aromatic heterocycles. The topological polar surface area (TPSA) is 78.5 Å². The molecule has 160 valence electrons. The fourth-order valence-corrected chi connectivity index (χ4v) is 5.78. The highest BCUT2D eigenvalue weighted by Gasteiger charge is 2.40. The number of carbonyl (C=O) groups excluding carboxylic acids is 1. The van der Waals surface area contributed by atoms with Gasteiger partial charge in [0.2, 0.25) is 10.0 Å². The number of amides is 1. The molecule has 2 bridgehead atoms. The third-order valence-corrected chi connectivity index (χ3v) is 7.61. The highest BCUT2D eigenvalue weighted by Crippen LogP contribution is 2.32. The fraction of sp³-hybridized carbons (Fsp3) is 0.409. The van der Waals surface area contributed by atoms with Gasteiger partial charge in [-0.3, -0.25) is 14.4 Å². The lowest BCUT2D eigenvalue weighted by Gasteiger charge is -2.49. The summed E-state index contributed by atoms with van der Waals surface area (Å²) in [6.45, 7) is 4.51. The van der Waals surface area contributed by atoms with E-state index in [4.69, 9.17) is 0 Å².